The summed E-state index contributed by atoms with van der Waals surface area (Å²) in [5.41, 5.74) is 1.07. The summed E-state index contributed by atoms with van der Waals surface area (Å²) in [6.45, 7) is 0.484. The Morgan fingerprint density at radius 2 is 1.68 bits per heavy atom. The summed E-state index contributed by atoms with van der Waals surface area (Å²) >= 11 is 0. The first-order valence-corrected chi connectivity index (χ1v) is 9.01. The van der Waals surface area contributed by atoms with Crippen LogP contribution in [0.15, 0.2) is 54.6 Å². The number of carboxylic acid groups (broad SMARTS) is 1. The average Bonchev–Trinajstić information content (AvgIpc) is 3.17. The number of carboxylic acids is 1. The van der Waals surface area contributed by atoms with Gasteiger partial charge in [0, 0.05) is 20.1 Å². The number of aliphatic carboxylic acids is 1. The number of benzene rings is 2. The highest BCUT2D eigenvalue weighted by atomic mass is 16.5. The van der Waals surface area contributed by atoms with Gasteiger partial charge >= 0.3 is 5.97 Å². The molecule has 0 radical (unpaired) electrons. The Kier molecular flexibility index (Phi) is 6.49. The number of amides is 1. The van der Waals surface area contributed by atoms with Gasteiger partial charge in [-0.25, -0.2) is 4.79 Å². The Bertz CT molecular complexity index is 792. The number of carbonyl (C=O) groups excluding carboxylic acids is 1. The van der Waals surface area contributed by atoms with Gasteiger partial charge < -0.3 is 24.2 Å². The zero-order valence-corrected chi connectivity index (χ0v) is 15.6. The molecule has 0 aliphatic carbocycles. The molecular weight excluding hydrogens is 362 g/mol. The lowest BCUT2D eigenvalue weighted by molar-refractivity contribution is -0.148. The summed E-state index contributed by atoms with van der Waals surface area (Å²) in [5, 5.41) is 9.29. The highest BCUT2D eigenvalue weighted by molar-refractivity contribution is 5.85. The van der Waals surface area contributed by atoms with Gasteiger partial charge in [0.05, 0.1) is 6.10 Å². The molecule has 1 N–H and O–H groups in total. The molecule has 28 heavy (non-hydrogen) atoms. The van der Waals surface area contributed by atoms with Crippen molar-refractivity contribution in [3.63, 3.8) is 0 Å². The van der Waals surface area contributed by atoms with E-state index in [2.05, 4.69) is 0 Å². The van der Waals surface area contributed by atoms with Crippen molar-refractivity contribution >= 4 is 11.9 Å². The largest absolute Gasteiger partial charge is 0.489 e. The fourth-order valence-electron chi connectivity index (χ4n) is 3.08. The Hall–Kier alpha value is -3.06. The van der Waals surface area contributed by atoms with Crippen LogP contribution in [-0.4, -0.2) is 54.3 Å². The average molecular weight is 385 g/mol. The number of methoxy groups -OCH3 is 1. The molecule has 1 amide bonds. The van der Waals surface area contributed by atoms with E-state index in [9.17, 15) is 14.7 Å². The molecule has 3 rings (SSSR count). The SMILES string of the molecule is COC1CC(C(=O)O)N(C(=O)COc2ccc(OCc3ccccc3)cc2)C1. The van der Waals surface area contributed by atoms with Crippen LogP contribution in [0.4, 0.5) is 0 Å². The molecule has 2 aromatic rings. The predicted molar refractivity (Wildman–Crippen MR) is 101 cm³/mol. The molecule has 0 aromatic heterocycles. The lowest BCUT2D eigenvalue weighted by atomic mass is 10.2. The Morgan fingerprint density at radius 3 is 2.29 bits per heavy atom. The van der Waals surface area contributed by atoms with Crippen LogP contribution in [-0.2, 0) is 20.9 Å². The molecule has 1 saturated heterocycles. The maximum Gasteiger partial charge on any atom is 0.326 e. The minimum atomic E-state index is -1.03. The van der Waals surface area contributed by atoms with Crippen LogP contribution >= 0.6 is 0 Å². The summed E-state index contributed by atoms with van der Waals surface area (Å²) in [7, 11) is 1.51. The lowest BCUT2D eigenvalue weighted by Gasteiger charge is -2.21. The van der Waals surface area contributed by atoms with E-state index in [1.807, 2.05) is 30.3 Å². The Balaban J connectivity index is 1.50. The summed E-state index contributed by atoms with van der Waals surface area (Å²) in [6, 6.07) is 15.9. The number of likely N-dealkylation sites (tertiary alicyclic amines) is 1. The van der Waals surface area contributed by atoms with E-state index in [4.69, 9.17) is 14.2 Å². The molecule has 1 aliphatic heterocycles. The first-order valence-electron chi connectivity index (χ1n) is 9.01. The van der Waals surface area contributed by atoms with Gasteiger partial charge in [-0.3, -0.25) is 4.79 Å². The second kappa shape index (κ2) is 9.23. The van der Waals surface area contributed by atoms with Gasteiger partial charge in [0.25, 0.3) is 5.91 Å². The first-order chi connectivity index (χ1) is 13.6. The number of hydrogen-bond donors (Lipinski definition) is 1. The quantitative estimate of drug-likeness (QED) is 0.751. The van der Waals surface area contributed by atoms with E-state index in [0.717, 1.165) is 5.56 Å². The van der Waals surface area contributed by atoms with E-state index in [1.165, 1.54) is 12.0 Å². The maximum atomic E-state index is 12.4. The molecule has 0 spiro atoms. The fraction of sp³-hybridized carbons (Fsp3) is 0.333. The third kappa shape index (κ3) is 5.01. The van der Waals surface area contributed by atoms with Gasteiger partial charge in [0.2, 0.25) is 0 Å². The smallest absolute Gasteiger partial charge is 0.326 e. The van der Waals surface area contributed by atoms with E-state index < -0.39 is 12.0 Å². The van der Waals surface area contributed by atoms with Crippen molar-refractivity contribution in [3.05, 3.63) is 60.2 Å². The van der Waals surface area contributed by atoms with Crippen molar-refractivity contribution in [1.29, 1.82) is 0 Å². The molecular formula is C21H23NO6. The molecule has 7 heteroatoms. The molecule has 2 unspecified atom stereocenters. The summed E-state index contributed by atoms with van der Waals surface area (Å²) < 4.78 is 16.4. The molecule has 7 nitrogen and oxygen atoms in total. The number of nitrogens with zero attached hydrogens (tertiary/aromatic N) is 1. The molecule has 2 aromatic carbocycles. The Labute approximate surface area is 163 Å². The molecule has 1 aliphatic rings. The lowest BCUT2D eigenvalue weighted by Crippen LogP contribution is -2.43. The van der Waals surface area contributed by atoms with Gasteiger partial charge in [-0.1, -0.05) is 30.3 Å². The molecule has 0 saturated carbocycles. The monoisotopic (exact) mass is 385 g/mol. The first kappa shape index (κ1) is 19.7. The number of rotatable bonds is 8. The normalized spacial score (nSPS) is 18.7. The van der Waals surface area contributed by atoms with Crippen molar-refractivity contribution in [3.8, 4) is 11.5 Å². The maximum absolute atomic E-state index is 12.4. The van der Waals surface area contributed by atoms with Crippen LogP contribution in [0.3, 0.4) is 0 Å². The Morgan fingerprint density at radius 1 is 1.04 bits per heavy atom. The predicted octanol–water partition coefficient (Wildman–Crippen LogP) is 2.34. The van der Waals surface area contributed by atoms with Crippen LogP contribution in [0.1, 0.15) is 12.0 Å². The van der Waals surface area contributed by atoms with E-state index in [-0.39, 0.29) is 31.6 Å². The number of ether oxygens (including phenoxy) is 3. The topological polar surface area (TPSA) is 85.3 Å². The zero-order chi connectivity index (χ0) is 19.9. The van der Waals surface area contributed by atoms with E-state index >= 15 is 0 Å². The van der Waals surface area contributed by atoms with Crippen LogP contribution in [0.5, 0.6) is 11.5 Å². The van der Waals surface area contributed by atoms with Gasteiger partial charge in [-0.05, 0) is 29.8 Å². The summed E-state index contributed by atoms with van der Waals surface area (Å²) in [5.74, 6) is -0.213. The molecule has 0 bridgehead atoms. The van der Waals surface area contributed by atoms with Gasteiger partial charge in [0.15, 0.2) is 6.61 Å². The third-order valence-electron chi connectivity index (χ3n) is 4.64. The second-order valence-electron chi connectivity index (χ2n) is 6.53. The van der Waals surface area contributed by atoms with Crippen LogP contribution in [0, 0.1) is 0 Å². The van der Waals surface area contributed by atoms with Crippen molar-refractivity contribution in [1.82, 2.24) is 4.90 Å². The third-order valence-corrected chi connectivity index (χ3v) is 4.64. The van der Waals surface area contributed by atoms with Gasteiger partial charge in [-0.15, -0.1) is 0 Å². The van der Waals surface area contributed by atoms with Crippen molar-refractivity contribution in [2.75, 3.05) is 20.3 Å². The molecule has 1 heterocycles. The summed E-state index contributed by atoms with van der Waals surface area (Å²) in [4.78, 5) is 25.0. The number of hydrogen-bond acceptors (Lipinski definition) is 5. The minimum Gasteiger partial charge on any atom is -0.489 e. The van der Waals surface area contributed by atoms with Crippen LogP contribution < -0.4 is 9.47 Å². The van der Waals surface area contributed by atoms with Crippen molar-refractivity contribution in [2.24, 2.45) is 0 Å². The van der Waals surface area contributed by atoms with E-state index in [0.29, 0.717) is 18.1 Å². The minimum absolute atomic E-state index is 0.232. The fourth-order valence-corrected chi connectivity index (χ4v) is 3.08. The number of carbonyl (C=O) groups is 2. The molecule has 148 valence electrons. The molecule has 2 atom stereocenters. The highest BCUT2D eigenvalue weighted by Gasteiger charge is 2.39. The highest BCUT2D eigenvalue weighted by Crippen LogP contribution is 2.22. The van der Waals surface area contributed by atoms with Crippen LogP contribution in [0.2, 0.25) is 0 Å². The van der Waals surface area contributed by atoms with Crippen molar-refractivity contribution < 1.29 is 28.9 Å². The summed E-state index contributed by atoms with van der Waals surface area (Å²) in [6.07, 6.45) is 0.0106. The van der Waals surface area contributed by atoms with Gasteiger partial charge in [-0.2, -0.15) is 0 Å². The second-order valence-corrected chi connectivity index (χ2v) is 6.53. The zero-order valence-electron chi connectivity index (χ0n) is 15.6. The van der Waals surface area contributed by atoms with Crippen LogP contribution in [0.25, 0.3) is 0 Å². The molecule has 1 fully saturated rings. The van der Waals surface area contributed by atoms with Crippen molar-refractivity contribution in [2.45, 2.75) is 25.2 Å². The van der Waals surface area contributed by atoms with E-state index in [1.54, 1.807) is 24.3 Å². The standard InChI is InChI=1S/C21H23NO6/c1-26-18-11-19(21(24)25)22(12-18)20(23)14-28-17-9-7-16(8-10-17)27-13-15-5-3-2-4-6-15/h2-10,18-19H,11-14H2,1H3,(H,24,25). The van der Waals surface area contributed by atoms with Gasteiger partial charge in [0.1, 0.15) is 24.1 Å².